The third-order valence-corrected chi connectivity index (χ3v) is 13.4. The van der Waals surface area contributed by atoms with Crippen LogP contribution in [0.3, 0.4) is 0 Å². The molecule has 1 aliphatic rings. The highest BCUT2D eigenvalue weighted by Crippen LogP contribution is 2.60. The Bertz CT molecular complexity index is 3250. The van der Waals surface area contributed by atoms with Gasteiger partial charge >= 0.3 is 0 Å². The topological polar surface area (TPSA) is 3.24 Å². The first-order valence-electron chi connectivity index (χ1n) is 19.8. The van der Waals surface area contributed by atoms with Crippen molar-refractivity contribution in [1.82, 2.24) is 0 Å². The van der Waals surface area contributed by atoms with Crippen LogP contribution < -0.4 is 15.3 Å². The van der Waals surface area contributed by atoms with Gasteiger partial charge in [0.25, 0.3) is 0 Å². The van der Waals surface area contributed by atoms with Crippen LogP contribution in [-0.2, 0) is 5.41 Å². The lowest BCUT2D eigenvalue weighted by Crippen LogP contribution is -2.28. The maximum atomic E-state index is 2.54. The second-order valence-electron chi connectivity index (χ2n) is 15.1. The van der Waals surface area contributed by atoms with Crippen molar-refractivity contribution in [3.8, 4) is 11.1 Å². The van der Waals surface area contributed by atoms with Crippen LogP contribution in [0.4, 0.5) is 11.4 Å². The number of hydrogen-bond donors (Lipinski definition) is 0. The van der Waals surface area contributed by atoms with Gasteiger partial charge in [-0.3, -0.25) is 0 Å². The summed E-state index contributed by atoms with van der Waals surface area (Å²) in [6, 6.07) is 72.1. The highest BCUT2D eigenvalue weighted by atomic mass is 32.1. The fourth-order valence-corrected chi connectivity index (χ4v) is 10.9. The van der Waals surface area contributed by atoms with Crippen LogP contribution in [0.5, 0.6) is 0 Å². The summed E-state index contributed by atoms with van der Waals surface area (Å²) in [5.74, 6) is 0. The van der Waals surface area contributed by atoms with E-state index in [2.05, 4.69) is 218 Å². The third kappa shape index (κ3) is 5.14. The van der Waals surface area contributed by atoms with Gasteiger partial charge in [-0.25, -0.2) is 0 Å². The Morgan fingerprint density at radius 2 is 1.12 bits per heavy atom. The monoisotopic (exact) mass is 745 g/mol. The van der Waals surface area contributed by atoms with Crippen LogP contribution in [0.2, 0.25) is 0 Å². The number of hydrogen-bond acceptors (Lipinski definition) is 2. The van der Waals surface area contributed by atoms with Gasteiger partial charge in [0, 0.05) is 49.0 Å². The lowest BCUT2D eigenvalue weighted by molar-refractivity contribution is 0.769. The molecule has 0 aliphatic heterocycles. The highest BCUT2D eigenvalue weighted by molar-refractivity contribution is 7.26. The van der Waals surface area contributed by atoms with Crippen LogP contribution in [0.15, 0.2) is 194 Å². The molecule has 0 radical (unpaired) electrons. The van der Waals surface area contributed by atoms with Crippen molar-refractivity contribution in [2.75, 3.05) is 11.4 Å². The molecule has 9 aromatic carbocycles. The molecule has 11 rings (SSSR count). The molecule has 0 atom stereocenters. The summed E-state index contributed by atoms with van der Waals surface area (Å²) in [5.41, 5.74) is 9.75. The largest absolute Gasteiger partial charge is 0.337 e. The van der Waals surface area contributed by atoms with E-state index in [0.717, 1.165) is 0 Å². The quantitative estimate of drug-likeness (QED) is 0.153. The highest BCUT2D eigenvalue weighted by Gasteiger charge is 2.47. The van der Waals surface area contributed by atoms with Gasteiger partial charge in [-0.15, -0.1) is 11.3 Å². The molecule has 1 aromatic heterocycles. The smallest absolute Gasteiger partial charge is 0.0714 e. The number of benzene rings is 9. The summed E-state index contributed by atoms with van der Waals surface area (Å²) in [6.45, 7) is 2.83. The molecule has 0 saturated carbocycles. The first-order chi connectivity index (χ1) is 28.2. The average Bonchev–Trinajstić information content (AvgIpc) is 3.81. The van der Waals surface area contributed by atoms with Gasteiger partial charge in [0.2, 0.25) is 0 Å². The van der Waals surface area contributed by atoms with E-state index in [4.69, 9.17) is 0 Å². The summed E-state index contributed by atoms with van der Waals surface area (Å²) < 4.78 is 2.67. The molecule has 0 bridgehead atoms. The molecule has 1 heterocycles. The predicted molar refractivity (Wildman–Crippen MR) is 245 cm³/mol. The zero-order valence-corrected chi connectivity index (χ0v) is 32.5. The van der Waals surface area contributed by atoms with Gasteiger partial charge in [-0.05, 0) is 85.6 Å². The Labute approximate surface area is 336 Å². The maximum Gasteiger partial charge on any atom is 0.0714 e. The van der Waals surface area contributed by atoms with Crippen LogP contribution in [0.1, 0.15) is 29.2 Å². The van der Waals surface area contributed by atoms with Crippen molar-refractivity contribution in [3.63, 3.8) is 0 Å². The van der Waals surface area contributed by atoms with Crippen molar-refractivity contribution in [2.45, 2.75) is 12.3 Å². The molecule has 0 saturated heterocycles. The zero-order valence-electron chi connectivity index (χ0n) is 31.7. The van der Waals surface area contributed by atoms with Gasteiger partial charge in [-0.2, -0.15) is 0 Å². The Kier molecular flexibility index (Phi) is 7.94. The standard InChI is InChI=1S/C55H39NS/c1-2-37-17-9-10-18-38(37)33-34-56(51-35-39-19-11-12-24-43(39)44-25-13-14-26-45(44)51)42-29-31-49-48(36-42)53-50(32-30-47-46-27-15-16-28-52(46)57-54(47)53)55(49,40-20-5-3-6-21-40)41-22-7-4-8-23-41/h2-33,35-36H,34H2,1H3/b37-2-,38-33-. The van der Waals surface area contributed by atoms with Crippen molar-refractivity contribution >= 4 is 76.6 Å². The van der Waals surface area contributed by atoms with E-state index in [1.54, 1.807) is 0 Å². The van der Waals surface area contributed by atoms with Crippen molar-refractivity contribution in [3.05, 3.63) is 227 Å². The second kappa shape index (κ2) is 13.5. The maximum absolute atomic E-state index is 2.54. The fraction of sp³-hybridized carbons (Fsp3) is 0.0545. The first-order valence-corrected chi connectivity index (χ1v) is 20.7. The fourth-order valence-electron chi connectivity index (χ4n) is 9.66. The van der Waals surface area contributed by atoms with E-state index < -0.39 is 5.41 Å². The van der Waals surface area contributed by atoms with E-state index in [9.17, 15) is 0 Å². The molecule has 0 amide bonds. The van der Waals surface area contributed by atoms with Crippen LogP contribution in [-0.4, -0.2) is 6.54 Å². The van der Waals surface area contributed by atoms with Crippen molar-refractivity contribution < 1.29 is 0 Å². The molecule has 1 aliphatic carbocycles. The minimum atomic E-state index is -0.488. The third-order valence-electron chi connectivity index (χ3n) is 12.2. The Morgan fingerprint density at radius 3 is 1.88 bits per heavy atom. The number of rotatable bonds is 6. The molecule has 2 heteroatoms. The Balaban J connectivity index is 1.24. The summed E-state index contributed by atoms with van der Waals surface area (Å²) in [5, 5.41) is 10.1. The molecule has 0 N–H and O–H groups in total. The van der Waals surface area contributed by atoms with Crippen molar-refractivity contribution in [1.29, 1.82) is 0 Å². The van der Waals surface area contributed by atoms with Gasteiger partial charge < -0.3 is 4.90 Å². The molecular formula is C55H39NS. The minimum absolute atomic E-state index is 0.488. The van der Waals surface area contributed by atoms with Gasteiger partial charge in [0.1, 0.15) is 0 Å². The van der Waals surface area contributed by atoms with Gasteiger partial charge in [0.05, 0.1) is 5.41 Å². The average molecular weight is 746 g/mol. The summed E-state index contributed by atoms with van der Waals surface area (Å²) in [4.78, 5) is 2.54. The molecule has 0 fully saturated rings. The normalized spacial score (nSPS) is 13.8. The van der Waals surface area contributed by atoms with Crippen molar-refractivity contribution in [2.24, 2.45) is 0 Å². The molecule has 270 valence electrons. The number of fused-ring (bicyclic) bond motifs is 10. The van der Waals surface area contributed by atoms with E-state index in [1.807, 2.05) is 11.3 Å². The summed E-state index contributed by atoms with van der Waals surface area (Å²) >= 11 is 1.92. The molecule has 1 nitrogen and oxygen atoms in total. The van der Waals surface area contributed by atoms with Gasteiger partial charge in [-0.1, -0.05) is 182 Å². The summed E-state index contributed by atoms with van der Waals surface area (Å²) in [7, 11) is 0. The van der Waals surface area contributed by atoms with Gasteiger partial charge in [0.15, 0.2) is 0 Å². The molecule has 57 heavy (non-hydrogen) atoms. The minimum Gasteiger partial charge on any atom is -0.337 e. The lowest BCUT2D eigenvalue weighted by atomic mass is 9.67. The number of nitrogens with zero attached hydrogens (tertiary/aromatic N) is 1. The van der Waals surface area contributed by atoms with Crippen LogP contribution >= 0.6 is 11.3 Å². The van der Waals surface area contributed by atoms with E-state index >= 15 is 0 Å². The summed E-state index contributed by atoms with van der Waals surface area (Å²) in [6.07, 6.45) is 4.60. The second-order valence-corrected chi connectivity index (χ2v) is 16.1. The molecular weight excluding hydrogens is 707 g/mol. The zero-order chi connectivity index (χ0) is 37.9. The first kappa shape index (κ1) is 33.6. The van der Waals surface area contributed by atoms with Crippen LogP contribution in [0.25, 0.3) is 65.0 Å². The van der Waals surface area contributed by atoms with E-state index in [1.165, 1.54) is 96.9 Å². The lowest BCUT2D eigenvalue weighted by Gasteiger charge is -2.34. The van der Waals surface area contributed by atoms with Crippen LogP contribution in [0, 0.1) is 0 Å². The number of anilines is 2. The van der Waals surface area contributed by atoms with E-state index in [0.29, 0.717) is 6.54 Å². The molecule has 10 aromatic rings. The Morgan fingerprint density at radius 1 is 0.509 bits per heavy atom. The molecule has 0 spiro atoms. The SMILES string of the molecule is C/C=c1/cccc/c1=C/CN(c1ccc2c(c1)-c1c(ccc3c1sc1ccccc13)C2(c1ccccc1)c1ccccc1)c1cc2ccccc2c2ccccc12. The van der Waals surface area contributed by atoms with E-state index in [-0.39, 0.29) is 0 Å². The Hall–Kier alpha value is -6.74. The number of thiophene rings is 1. The molecule has 0 unspecified atom stereocenters. The predicted octanol–water partition coefficient (Wildman–Crippen LogP) is 13.1.